The average molecular weight is 1050 g/mol. The number of benzene rings is 2. The molecule has 0 spiro atoms. The van der Waals surface area contributed by atoms with E-state index in [-0.39, 0.29) is 68.8 Å². The van der Waals surface area contributed by atoms with Crippen molar-refractivity contribution in [3.63, 3.8) is 0 Å². The van der Waals surface area contributed by atoms with Gasteiger partial charge in [-0.1, -0.05) is 83.7 Å². The Bertz CT molecular complexity index is 2250. The molecule has 3 aromatic rings. The van der Waals surface area contributed by atoms with E-state index >= 15 is 0 Å². The minimum absolute atomic E-state index is 0.0257. The normalized spacial score (nSPS) is 12.3. The molecule has 17 nitrogen and oxygen atoms in total. The molecule has 5 N–H and O–H groups in total. The minimum Gasteiger partial charge on any atom is -0.480 e. The van der Waals surface area contributed by atoms with Crippen LogP contribution in [-0.2, 0) is 40.1 Å². The summed E-state index contributed by atoms with van der Waals surface area (Å²) in [4.78, 5) is 56.1. The molecule has 2 atom stereocenters. The molecular formula is C38H53Cl5F2N7O10PS. The molecule has 64 heavy (non-hydrogen) atoms. The molecule has 0 aliphatic heterocycles. The number of para-hydroxylation sites is 1. The van der Waals surface area contributed by atoms with E-state index in [1.54, 1.807) is 17.1 Å². The highest BCUT2D eigenvalue weighted by Crippen LogP contribution is 2.36. The molecule has 26 heteroatoms. The number of ether oxygens (including phenoxy) is 1. The number of nitrogens with zero attached hydrogens (tertiary/aromatic N) is 5. The summed E-state index contributed by atoms with van der Waals surface area (Å²) in [5.74, 6) is -1.86. The van der Waals surface area contributed by atoms with Crippen molar-refractivity contribution in [2.75, 3.05) is 61.0 Å². The summed E-state index contributed by atoms with van der Waals surface area (Å²) in [6.07, 6.45) is 4.99. The number of alkyl halides is 5. The maximum absolute atomic E-state index is 12.8. The lowest BCUT2D eigenvalue weighted by Crippen LogP contribution is -2.35. The third kappa shape index (κ3) is 21.2. The molecule has 0 bridgehead atoms. The molecule has 0 aliphatic carbocycles. The quantitative estimate of drug-likeness (QED) is 0.0403. The van der Waals surface area contributed by atoms with Gasteiger partial charge in [0.25, 0.3) is 5.91 Å². The smallest absolute Gasteiger partial charge is 0.355 e. The maximum atomic E-state index is 12.8. The summed E-state index contributed by atoms with van der Waals surface area (Å²) in [7, 11) is -6.75. The highest BCUT2D eigenvalue weighted by Gasteiger charge is 2.23. The fourth-order valence-corrected chi connectivity index (χ4v) is 7.26. The van der Waals surface area contributed by atoms with Crippen molar-refractivity contribution in [3.8, 4) is 5.69 Å². The molecule has 1 heterocycles. The maximum Gasteiger partial charge on any atom is 0.355 e. The van der Waals surface area contributed by atoms with Crippen LogP contribution >= 0.6 is 65.4 Å². The van der Waals surface area contributed by atoms with E-state index < -0.39 is 46.5 Å². The molecule has 0 radical (unpaired) electrons. The lowest BCUT2D eigenvalue weighted by Gasteiger charge is -2.25. The zero-order chi connectivity index (χ0) is 49.7. The number of hydrogen-bond acceptors (Lipinski definition) is 10. The van der Waals surface area contributed by atoms with Crippen molar-refractivity contribution in [1.29, 1.82) is 0 Å². The summed E-state index contributed by atoms with van der Waals surface area (Å²) in [5.41, 5.74) is 6.94. The molecule has 0 fully saturated rings. The number of sulfonamides is 1. The van der Waals surface area contributed by atoms with Crippen molar-refractivity contribution in [1.82, 2.24) is 19.2 Å². The molecule has 2 aromatic carbocycles. The van der Waals surface area contributed by atoms with Crippen LogP contribution in [0.5, 0.6) is 0 Å². The predicted octanol–water partition coefficient (Wildman–Crippen LogP) is 7.22. The second-order valence-corrected chi connectivity index (χ2v) is 19.7. The molecule has 360 valence electrons. The van der Waals surface area contributed by atoms with E-state index in [9.17, 15) is 40.9 Å². The first-order valence-corrected chi connectivity index (χ1v) is 25.0. The van der Waals surface area contributed by atoms with Crippen molar-refractivity contribution < 1.29 is 50.9 Å². The minimum atomic E-state index is -3.65. The number of amides is 2. The van der Waals surface area contributed by atoms with E-state index in [0.717, 1.165) is 35.6 Å². The largest absolute Gasteiger partial charge is 0.480 e. The Morgan fingerprint density at radius 2 is 1.67 bits per heavy atom. The summed E-state index contributed by atoms with van der Waals surface area (Å²) < 4.78 is 67.3. The molecule has 0 saturated carbocycles. The first-order chi connectivity index (χ1) is 29.6. The van der Waals surface area contributed by atoms with Crippen molar-refractivity contribution in [2.24, 2.45) is 5.73 Å². The highest BCUT2D eigenvalue weighted by molar-refractivity contribution is 7.92. The van der Waals surface area contributed by atoms with Crippen LogP contribution < -0.4 is 21.0 Å². The van der Waals surface area contributed by atoms with Crippen LogP contribution in [0.4, 0.5) is 20.2 Å². The Balaban J connectivity index is 0.000000867. The molecular weight excluding hydrogens is 993 g/mol. The van der Waals surface area contributed by atoms with E-state index in [1.165, 1.54) is 24.6 Å². The number of rotatable bonds is 19. The van der Waals surface area contributed by atoms with Gasteiger partial charge in [0.1, 0.15) is 24.5 Å². The third-order valence-electron chi connectivity index (χ3n) is 7.92. The van der Waals surface area contributed by atoms with Crippen LogP contribution in [-0.4, -0.2) is 118 Å². The van der Waals surface area contributed by atoms with E-state index in [4.69, 9.17) is 78.5 Å². The van der Waals surface area contributed by atoms with Crippen molar-refractivity contribution in [3.05, 3.63) is 93.1 Å². The topological polar surface area (TPSA) is 236 Å². The summed E-state index contributed by atoms with van der Waals surface area (Å²) in [5, 5.41) is 11.9. The number of carbonyl (C=O) groups excluding carboxylic acids is 2. The zero-order valence-electron chi connectivity index (χ0n) is 35.8. The van der Waals surface area contributed by atoms with Gasteiger partial charge in [0.15, 0.2) is 12.2 Å². The lowest BCUT2D eigenvalue weighted by atomic mass is 10.0. The van der Waals surface area contributed by atoms with Gasteiger partial charge in [-0.2, -0.15) is 13.5 Å². The average Bonchev–Trinajstić information content (AvgIpc) is 3.50. The number of aromatic nitrogens is 3. The van der Waals surface area contributed by atoms with Gasteiger partial charge >= 0.3 is 18.2 Å². The fourth-order valence-electron chi connectivity index (χ4n) is 4.95. The predicted molar refractivity (Wildman–Crippen MR) is 251 cm³/mol. The Morgan fingerprint density at radius 3 is 2.09 bits per heavy atom. The second-order valence-electron chi connectivity index (χ2n) is 13.2. The number of halogens is 7. The van der Waals surface area contributed by atoms with Crippen LogP contribution in [0.2, 0.25) is 10.0 Å². The number of carbonyl (C=O) groups is 3. The summed E-state index contributed by atoms with van der Waals surface area (Å²) in [6.45, 7) is 14.0. The van der Waals surface area contributed by atoms with Crippen LogP contribution in [0.25, 0.3) is 5.69 Å². The number of carboxylic acid groups (broad SMARTS) is 1. The number of nitrogens with two attached hydrogens (primary N) is 1. The number of nitrogens with one attached hydrogen (secondary N) is 1. The van der Waals surface area contributed by atoms with Gasteiger partial charge in [-0.15, -0.1) is 29.9 Å². The molecule has 2 amide bonds. The van der Waals surface area contributed by atoms with E-state index in [0.29, 0.717) is 24.4 Å². The lowest BCUT2D eigenvalue weighted by molar-refractivity contribution is -0.138. The summed E-state index contributed by atoms with van der Waals surface area (Å²) >= 11 is 28.3. The Morgan fingerprint density at radius 1 is 1.09 bits per heavy atom. The molecule has 2 unspecified atom stereocenters. The second kappa shape index (κ2) is 29.2. The van der Waals surface area contributed by atoms with Gasteiger partial charge in [0, 0.05) is 32.5 Å². The van der Waals surface area contributed by atoms with Gasteiger partial charge in [0.05, 0.1) is 33.4 Å². The molecule has 1 aromatic heterocycles. The first kappa shape index (κ1) is 60.4. The number of aryl methyl sites for hydroxylation is 3. The van der Waals surface area contributed by atoms with Crippen LogP contribution in [0.3, 0.4) is 0 Å². The first-order valence-electron chi connectivity index (χ1n) is 18.6. The van der Waals surface area contributed by atoms with Gasteiger partial charge in [-0.3, -0.25) is 28.6 Å². The third-order valence-corrected chi connectivity index (χ3v) is 10.8. The van der Waals surface area contributed by atoms with Gasteiger partial charge < -0.3 is 25.4 Å². The number of hydrogen-bond donors (Lipinski definition) is 4. The molecule has 0 aliphatic rings. The van der Waals surface area contributed by atoms with Crippen LogP contribution in [0, 0.1) is 13.8 Å². The fraction of sp³-hybridized carbons (Fsp3) is 0.447. The Hall–Kier alpha value is -3.56. The zero-order valence-corrected chi connectivity index (χ0v) is 41.3. The molecule has 3 rings (SSSR count). The van der Waals surface area contributed by atoms with Gasteiger partial charge in [-0.25, -0.2) is 17.8 Å². The van der Waals surface area contributed by atoms with E-state index in [2.05, 4.69) is 29.9 Å². The van der Waals surface area contributed by atoms with Gasteiger partial charge in [-0.05, 0) is 56.9 Å². The number of anilines is 2. The Labute approximate surface area is 396 Å². The Kier molecular flexibility index (Phi) is 27.5. The summed E-state index contributed by atoms with van der Waals surface area (Å²) in [6, 6.07) is 7.31. The van der Waals surface area contributed by atoms with Crippen molar-refractivity contribution >= 4 is 105 Å². The monoisotopic (exact) mass is 1040 g/mol. The SMILES string of the molecule is C=CCN(CC=C)C(=O)C(Cl)Cl.CCOCN(C(=O)CCl)c1c(C)cccc1CC.CP(=O)(O)CCC(N)C(=O)O.Cc1nn(-c2cc(NS(C)(=O)=O)c(Cl)cc2Cl)c(=O)n1C(F)F. The van der Waals surface area contributed by atoms with Crippen LogP contribution in [0.15, 0.2) is 60.4 Å². The highest BCUT2D eigenvalue weighted by atomic mass is 35.5. The van der Waals surface area contributed by atoms with Crippen LogP contribution in [0.1, 0.15) is 43.8 Å². The van der Waals surface area contributed by atoms with Crippen molar-refractivity contribution in [2.45, 2.75) is 58.0 Å². The van der Waals surface area contributed by atoms with Gasteiger partial charge in [0.2, 0.25) is 15.9 Å². The number of carboxylic acids is 1. The standard InChI is InChI=1S/C14H20ClNO2.C11H10Cl2F2N4O3S.C8H11Cl2NO.C5H12NO4P/c1-4-12-8-6-7-11(3)14(12)16(10-18-5-2)13(17)9-15;1-5-16-19(11(20)18(5)10(14)15)9-4-8(17-23(2,21)22)6(12)3-7(9)13;1-3-5-11(6-4-2)8(12)7(9)10;1-11(9,10)3-2-4(6)5(7)8/h6-8H,4-5,9-10H2,1-3H3;3-4,10,17H,1-2H3;3-4,7H,1-2,5-6H2;4H,2-3,6H2,1H3,(H,7,8)(H,9,10). The molecule has 0 saturated heterocycles. The number of aliphatic carboxylic acids is 1. The van der Waals surface area contributed by atoms with E-state index in [1.807, 2.05) is 32.0 Å².